The Morgan fingerprint density at radius 1 is 0.707 bits per heavy atom. The Bertz CT molecular complexity index is 1370. The molecule has 2 aromatic rings. The molecule has 3 atom stereocenters. The molecular formula is C23H20N4O14. The molecule has 4 rings (SSSR count). The Balaban J connectivity index is 1.58. The first kappa shape index (κ1) is 28.9. The second-order valence-electron chi connectivity index (χ2n) is 9.09. The van der Waals surface area contributed by atoms with Crippen LogP contribution in [0.3, 0.4) is 0 Å². The van der Waals surface area contributed by atoms with Crippen LogP contribution >= 0.6 is 0 Å². The van der Waals surface area contributed by atoms with Gasteiger partial charge in [0.2, 0.25) is 5.79 Å². The van der Waals surface area contributed by atoms with Gasteiger partial charge in [0, 0.05) is 37.1 Å². The first-order valence-electron chi connectivity index (χ1n) is 12.0. The number of carbonyl (C=O) groups excluding carboxylic acids is 2. The first-order chi connectivity index (χ1) is 19.4. The molecule has 0 bridgehead atoms. The fraction of sp³-hybridized carbons (Fsp3) is 0.391. The number of rotatable bonds is 8. The van der Waals surface area contributed by atoms with E-state index in [-0.39, 0.29) is 26.1 Å². The standard InChI is InChI=1S/C23H20N4O14/c28-21(13-5-15(24(30)31)9-16(6-13)25(32)33)40-19-11-20(23(39-12-19)3-1-2-4-38-23)41-22(29)14-7-17(26(34)35)10-18(8-14)27(36)37/h5-10,19-20H,1-4,11-12H2/t19-,20-,23-/m1/s1. The van der Waals surface area contributed by atoms with Gasteiger partial charge in [-0.3, -0.25) is 40.5 Å². The molecule has 41 heavy (non-hydrogen) atoms. The van der Waals surface area contributed by atoms with Crippen molar-refractivity contribution in [3.8, 4) is 0 Å². The minimum Gasteiger partial charge on any atom is -0.456 e. The molecule has 0 saturated carbocycles. The lowest BCUT2D eigenvalue weighted by Crippen LogP contribution is -2.57. The summed E-state index contributed by atoms with van der Waals surface area (Å²) in [5.41, 5.74) is -3.81. The highest BCUT2D eigenvalue weighted by Crippen LogP contribution is 2.38. The van der Waals surface area contributed by atoms with Gasteiger partial charge < -0.3 is 18.9 Å². The van der Waals surface area contributed by atoms with Gasteiger partial charge in [-0.15, -0.1) is 0 Å². The van der Waals surface area contributed by atoms with Gasteiger partial charge in [0.1, 0.15) is 6.10 Å². The summed E-state index contributed by atoms with van der Waals surface area (Å²) in [7, 11) is 0. The molecule has 0 unspecified atom stereocenters. The summed E-state index contributed by atoms with van der Waals surface area (Å²) in [6.45, 7) is -0.0166. The molecule has 216 valence electrons. The van der Waals surface area contributed by atoms with Crippen LogP contribution in [0.2, 0.25) is 0 Å². The van der Waals surface area contributed by atoms with Crippen molar-refractivity contribution >= 4 is 34.7 Å². The Kier molecular flexibility index (Phi) is 8.15. The van der Waals surface area contributed by atoms with Crippen molar-refractivity contribution in [1.82, 2.24) is 0 Å². The average Bonchev–Trinajstić information content (AvgIpc) is 2.94. The highest BCUT2D eigenvalue weighted by atomic mass is 16.7. The maximum atomic E-state index is 13.0. The average molecular weight is 576 g/mol. The number of nitro benzene ring substituents is 4. The van der Waals surface area contributed by atoms with Crippen LogP contribution in [0.5, 0.6) is 0 Å². The van der Waals surface area contributed by atoms with Gasteiger partial charge in [-0.1, -0.05) is 0 Å². The highest BCUT2D eigenvalue weighted by molar-refractivity contribution is 5.92. The number of hydrogen-bond donors (Lipinski definition) is 0. The minimum absolute atomic E-state index is 0.217. The van der Waals surface area contributed by atoms with E-state index in [2.05, 4.69) is 0 Å². The number of ether oxygens (including phenoxy) is 4. The molecule has 2 aromatic carbocycles. The summed E-state index contributed by atoms with van der Waals surface area (Å²) < 4.78 is 22.6. The molecule has 0 amide bonds. The zero-order chi connectivity index (χ0) is 29.9. The fourth-order valence-electron chi connectivity index (χ4n) is 4.46. The van der Waals surface area contributed by atoms with Crippen molar-refractivity contribution in [2.24, 2.45) is 0 Å². The predicted octanol–water partition coefficient (Wildman–Crippen LogP) is 3.39. The lowest BCUT2D eigenvalue weighted by atomic mass is 9.93. The fourth-order valence-corrected chi connectivity index (χ4v) is 4.46. The summed E-state index contributed by atoms with van der Waals surface area (Å²) in [4.78, 5) is 67.0. The molecule has 18 heteroatoms. The van der Waals surface area contributed by atoms with Gasteiger partial charge in [0.15, 0.2) is 6.10 Å². The van der Waals surface area contributed by atoms with Gasteiger partial charge in [0.05, 0.1) is 56.2 Å². The topological polar surface area (TPSA) is 244 Å². The maximum Gasteiger partial charge on any atom is 0.339 e. The second-order valence-corrected chi connectivity index (χ2v) is 9.09. The van der Waals surface area contributed by atoms with E-state index in [0.717, 1.165) is 24.3 Å². The monoisotopic (exact) mass is 576 g/mol. The quantitative estimate of drug-likeness (QED) is 0.248. The van der Waals surface area contributed by atoms with Crippen molar-refractivity contribution in [3.05, 3.63) is 88.0 Å². The SMILES string of the molecule is O=C(O[C@H]1CO[C@]2(CCCCO2)[C@H](OC(=O)c2cc([N+](=O)[O-])cc([N+](=O)[O-])c2)C1)c1cc([N+](=O)[O-])cc([N+](=O)[O-])c1. The molecule has 2 aliphatic rings. The van der Waals surface area contributed by atoms with E-state index in [9.17, 15) is 50.0 Å². The molecule has 0 aliphatic carbocycles. The molecule has 2 fully saturated rings. The zero-order valence-electron chi connectivity index (χ0n) is 20.9. The van der Waals surface area contributed by atoms with Gasteiger partial charge >= 0.3 is 11.9 Å². The third-order valence-electron chi connectivity index (χ3n) is 6.39. The maximum absolute atomic E-state index is 13.0. The molecule has 2 heterocycles. The van der Waals surface area contributed by atoms with Crippen LogP contribution in [0.4, 0.5) is 22.7 Å². The van der Waals surface area contributed by atoms with Crippen molar-refractivity contribution in [2.45, 2.75) is 43.7 Å². The largest absolute Gasteiger partial charge is 0.456 e. The van der Waals surface area contributed by atoms with E-state index in [1.807, 2.05) is 0 Å². The smallest absolute Gasteiger partial charge is 0.339 e. The summed E-state index contributed by atoms with van der Waals surface area (Å²) >= 11 is 0. The van der Waals surface area contributed by atoms with Crippen LogP contribution in [0, 0.1) is 40.5 Å². The minimum atomic E-state index is -1.46. The molecular weight excluding hydrogens is 556 g/mol. The van der Waals surface area contributed by atoms with Crippen LogP contribution in [0.25, 0.3) is 0 Å². The Morgan fingerprint density at radius 3 is 1.59 bits per heavy atom. The van der Waals surface area contributed by atoms with E-state index in [4.69, 9.17) is 18.9 Å². The third-order valence-corrected chi connectivity index (χ3v) is 6.39. The molecule has 2 aliphatic heterocycles. The number of carbonyl (C=O) groups is 2. The lowest BCUT2D eigenvalue weighted by Gasteiger charge is -2.46. The number of nitro groups is 4. The van der Waals surface area contributed by atoms with Gasteiger partial charge in [-0.05, 0) is 12.8 Å². The summed E-state index contributed by atoms with van der Waals surface area (Å²) in [6.07, 6.45) is -1.04. The summed E-state index contributed by atoms with van der Waals surface area (Å²) in [6, 6.07) is 4.58. The Labute approximate surface area is 228 Å². The summed E-state index contributed by atoms with van der Waals surface area (Å²) in [5.74, 6) is -3.78. The predicted molar refractivity (Wildman–Crippen MR) is 131 cm³/mol. The number of hydrogen-bond acceptors (Lipinski definition) is 14. The van der Waals surface area contributed by atoms with Crippen LogP contribution in [0.1, 0.15) is 46.4 Å². The van der Waals surface area contributed by atoms with Gasteiger partial charge in [0.25, 0.3) is 22.7 Å². The number of esters is 2. The molecule has 0 aromatic heterocycles. The van der Waals surface area contributed by atoms with E-state index in [0.29, 0.717) is 25.0 Å². The molecule has 2 saturated heterocycles. The van der Waals surface area contributed by atoms with Crippen molar-refractivity contribution in [1.29, 1.82) is 0 Å². The van der Waals surface area contributed by atoms with Gasteiger partial charge in [-0.2, -0.15) is 0 Å². The van der Waals surface area contributed by atoms with E-state index in [1.165, 1.54) is 0 Å². The first-order valence-corrected chi connectivity index (χ1v) is 12.0. The van der Waals surface area contributed by atoms with Crippen molar-refractivity contribution in [2.75, 3.05) is 13.2 Å². The number of benzene rings is 2. The molecule has 0 radical (unpaired) electrons. The zero-order valence-corrected chi connectivity index (χ0v) is 20.9. The Hall–Kier alpha value is -5.10. The molecule has 18 nitrogen and oxygen atoms in total. The van der Waals surface area contributed by atoms with Crippen LogP contribution in [-0.2, 0) is 18.9 Å². The van der Waals surface area contributed by atoms with E-state index in [1.54, 1.807) is 0 Å². The van der Waals surface area contributed by atoms with Crippen LogP contribution < -0.4 is 0 Å². The van der Waals surface area contributed by atoms with Crippen LogP contribution in [-0.4, -0.2) is 62.8 Å². The third kappa shape index (κ3) is 6.39. The van der Waals surface area contributed by atoms with Crippen molar-refractivity contribution in [3.63, 3.8) is 0 Å². The lowest BCUT2D eigenvalue weighted by molar-refractivity contribution is -0.394. The number of nitrogens with zero attached hydrogens (tertiary/aromatic N) is 4. The molecule has 0 N–H and O–H groups in total. The summed E-state index contributed by atoms with van der Waals surface area (Å²) in [5, 5.41) is 44.8. The number of non-ortho nitro benzene ring substituents is 4. The van der Waals surface area contributed by atoms with Gasteiger partial charge in [-0.25, -0.2) is 9.59 Å². The highest BCUT2D eigenvalue weighted by Gasteiger charge is 2.50. The van der Waals surface area contributed by atoms with Crippen molar-refractivity contribution < 1.29 is 48.2 Å². The molecule has 1 spiro atoms. The van der Waals surface area contributed by atoms with E-state index >= 15 is 0 Å². The second kappa shape index (κ2) is 11.6. The normalized spacial score (nSPS) is 22.0. The van der Waals surface area contributed by atoms with E-state index < -0.39 is 83.5 Å². The Morgan fingerprint density at radius 2 is 1.17 bits per heavy atom. The van der Waals surface area contributed by atoms with Crippen LogP contribution in [0.15, 0.2) is 36.4 Å².